The van der Waals surface area contributed by atoms with Gasteiger partial charge in [0.2, 0.25) is 0 Å². The molecule has 0 saturated carbocycles. The molecule has 0 spiro atoms. The van der Waals surface area contributed by atoms with Gasteiger partial charge in [-0.05, 0) is 13.2 Å². The van der Waals surface area contributed by atoms with Crippen molar-refractivity contribution < 1.29 is 0 Å². The molecule has 0 saturated heterocycles. The standard InChI is InChI=1S/C9H14ClN3S/c1-7-11-8(10)6-9(12-7)13(2)4-5-14-3/h6H,4-5H2,1-3H3. The molecule has 1 heterocycles. The molecular weight excluding hydrogens is 218 g/mol. The number of rotatable bonds is 4. The summed E-state index contributed by atoms with van der Waals surface area (Å²) in [7, 11) is 2.01. The fraction of sp³-hybridized carbons (Fsp3) is 0.556. The first-order chi connectivity index (χ1) is 6.63. The minimum atomic E-state index is 0.503. The van der Waals surface area contributed by atoms with E-state index in [-0.39, 0.29) is 0 Å². The fourth-order valence-electron chi connectivity index (χ4n) is 1.05. The molecule has 0 bridgehead atoms. The van der Waals surface area contributed by atoms with Gasteiger partial charge in [-0.25, -0.2) is 9.97 Å². The van der Waals surface area contributed by atoms with Gasteiger partial charge in [-0.1, -0.05) is 11.6 Å². The van der Waals surface area contributed by atoms with Crippen LogP contribution in [0.4, 0.5) is 5.82 Å². The van der Waals surface area contributed by atoms with Gasteiger partial charge in [-0.2, -0.15) is 11.8 Å². The third-order valence-electron chi connectivity index (χ3n) is 1.82. The van der Waals surface area contributed by atoms with Gasteiger partial charge in [0.1, 0.15) is 16.8 Å². The van der Waals surface area contributed by atoms with Crippen molar-refractivity contribution in [1.29, 1.82) is 0 Å². The van der Waals surface area contributed by atoms with E-state index >= 15 is 0 Å². The van der Waals surface area contributed by atoms with E-state index in [4.69, 9.17) is 11.6 Å². The van der Waals surface area contributed by atoms with Crippen LogP contribution in [0.5, 0.6) is 0 Å². The zero-order valence-corrected chi connectivity index (χ0v) is 10.2. The molecule has 1 aromatic rings. The summed E-state index contributed by atoms with van der Waals surface area (Å²) in [5.41, 5.74) is 0. The zero-order valence-electron chi connectivity index (χ0n) is 8.62. The molecule has 0 aromatic carbocycles. The molecule has 0 N–H and O–H groups in total. The molecule has 0 unspecified atom stereocenters. The van der Waals surface area contributed by atoms with Crippen LogP contribution in [0, 0.1) is 6.92 Å². The van der Waals surface area contributed by atoms with E-state index in [1.807, 2.05) is 25.7 Å². The Hall–Kier alpha value is -0.480. The van der Waals surface area contributed by atoms with Crippen LogP contribution in [-0.4, -0.2) is 35.6 Å². The van der Waals surface area contributed by atoms with E-state index in [1.165, 1.54) is 0 Å². The van der Waals surface area contributed by atoms with Crippen LogP contribution in [-0.2, 0) is 0 Å². The van der Waals surface area contributed by atoms with Crippen molar-refractivity contribution in [2.45, 2.75) is 6.92 Å². The highest BCUT2D eigenvalue weighted by atomic mass is 35.5. The first-order valence-electron chi connectivity index (χ1n) is 4.34. The van der Waals surface area contributed by atoms with Crippen LogP contribution in [0.15, 0.2) is 6.07 Å². The van der Waals surface area contributed by atoms with Gasteiger partial charge in [-0.15, -0.1) is 0 Å². The number of anilines is 1. The van der Waals surface area contributed by atoms with E-state index in [2.05, 4.69) is 21.1 Å². The van der Waals surface area contributed by atoms with Crippen LogP contribution in [0.25, 0.3) is 0 Å². The highest BCUT2D eigenvalue weighted by molar-refractivity contribution is 7.98. The van der Waals surface area contributed by atoms with Gasteiger partial charge in [0.15, 0.2) is 0 Å². The molecule has 0 amide bonds. The molecule has 0 aliphatic rings. The van der Waals surface area contributed by atoms with Crippen molar-refractivity contribution in [3.05, 3.63) is 17.0 Å². The van der Waals surface area contributed by atoms with Crippen molar-refractivity contribution in [2.24, 2.45) is 0 Å². The molecule has 5 heteroatoms. The highest BCUT2D eigenvalue weighted by Gasteiger charge is 2.04. The zero-order chi connectivity index (χ0) is 10.6. The minimum Gasteiger partial charge on any atom is -0.359 e. The van der Waals surface area contributed by atoms with E-state index in [9.17, 15) is 0 Å². The molecule has 3 nitrogen and oxygen atoms in total. The largest absolute Gasteiger partial charge is 0.359 e. The summed E-state index contributed by atoms with van der Waals surface area (Å²) < 4.78 is 0. The van der Waals surface area contributed by atoms with Crippen LogP contribution < -0.4 is 4.90 Å². The molecule has 78 valence electrons. The summed E-state index contributed by atoms with van der Waals surface area (Å²) >= 11 is 7.66. The number of hydrogen-bond acceptors (Lipinski definition) is 4. The van der Waals surface area contributed by atoms with Gasteiger partial charge in [0, 0.05) is 25.4 Å². The lowest BCUT2D eigenvalue weighted by Gasteiger charge is -2.17. The van der Waals surface area contributed by atoms with E-state index < -0.39 is 0 Å². The first kappa shape index (κ1) is 11.6. The number of halogens is 1. The van der Waals surface area contributed by atoms with Crippen LogP contribution in [0.1, 0.15) is 5.82 Å². The maximum Gasteiger partial charge on any atom is 0.134 e. The summed E-state index contributed by atoms with van der Waals surface area (Å²) in [4.78, 5) is 10.4. The Labute approximate surface area is 93.9 Å². The fourth-order valence-corrected chi connectivity index (χ4v) is 1.73. The Balaban J connectivity index is 2.73. The lowest BCUT2D eigenvalue weighted by molar-refractivity contribution is 0.918. The van der Waals surface area contributed by atoms with Crippen molar-refractivity contribution >= 4 is 29.2 Å². The van der Waals surface area contributed by atoms with Gasteiger partial charge < -0.3 is 4.90 Å². The highest BCUT2D eigenvalue weighted by Crippen LogP contribution is 2.14. The summed E-state index contributed by atoms with van der Waals surface area (Å²) in [6.07, 6.45) is 2.09. The van der Waals surface area contributed by atoms with Crippen LogP contribution in [0.2, 0.25) is 5.15 Å². The Morgan fingerprint density at radius 1 is 1.50 bits per heavy atom. The van der Waals surface area contributed by atoms with Gasteiger partial charge in [0.05, 0.1) is 0 Å². The van der Waals surface area contributed by atoms with Crippen LogP contribution in [0.3, 0.4) is 0 Å². The third kappa shape index (κ3) is 3.35. The number of aryl methyl sites for hydroxylation is 1. The predicted molar refractivity (Wildman–Crippen MR) is 63.4 cm³/mol. The second-order valence-corrected chi connectivity index (χ2v) is 4.38. The Morgan fingerprint density at radius 2 is 2.21 bits per heavy atom. The third-order valence-corrected chi connectivity index (χ3v) is 2.60. The van der Waals surface area contributed by atoms with E-state index in [0.717, 1.165) is 18.1 Å². The van der Waals surface area contributed by atoms with Crippen LogP contribution >= 0.6 is 23.4 Å². The van der Waals surface area contributed by atoms with E-state index in [1.54, 1.807) is 6.07 Å². The summed E-state index contributed by atoms with van der Waals surface area (Å²) in [6, 6.07) is 1.79. The second-order valence-electron chi connectivity index (χ2n) is 3.01. The molecule has 0 radical (unpaired) electrons. The Morgan fingerprint density at radius 3 is 2.79 bits per heavy atom. The Bertz CT molecular complexity index is 286. The first-order valence-corrected chi connectivity index (χ1v) is 6.12. The van der Waals surface area contributed by atoms with Gasteiger partial charge in [0.25, 0.3) is 0 Å². The maximum atomic E-state index is 5.85. The van der Waals surface area contributed by atoms with Crippen molar-refractivity contribution in [1.82, 2.24) is 9.97 Å². The summed E-state index contributed by atoms with van der Waals surface area (Å²) in [5.74, 6) is 2.68. The lowest BCUT2D eigenvalue weighted by atomic mass is 10.5. The van der Waals surface area contributed by atoms with Gasteiger partial charge in [-0.3, -0.25) is 0 Å². The number of nitrogens with zero attached hydrogens (tertiary/aromatic N) is 3. The number of thioether (sulfide) groups is 1. The predicted octanol–water partition coefficient (Wildman–Crippen LogP) is 2.24. The van der Waals surface area contributed by atoms with Crippen molar-refractivity contribution in [3.8, 4) is 0 Å². The molecule has 1 rings (SSSR count). The molecular formula is C9H14ClN3S. The van der Waals surface area contributed by atoms with Gasteiger partial charge >= 0.3 is 0 Å². The second kappa shape index (κ2) is 5.41. The van der Waals surface area contributed by atoms with Crippen molar-refractivity contribution in [2.75, 3.05) is 30.5 Å². The number of aromatic nitrogens is 2. The average Bonchev–Trinajstić information content (AvgIpc) is 2.12. The Kier molecular flexibility index (Phi) is 4.48. The molecule has 14 heavy (non-hydrogen) atoms. The van der Waals surface area contributed by atoms with Crippen molar-refractivity contribution in [3.63, 3.8) is 0 Å². The average molecular weight is 232 g/mol. The molecule has 0 aliphatic carbocycles. The molecule has 0 fully saturated rings. The maximum absolute atomic E-state index is 5.85. The normalized spacial score (nSPS) is 10.3. The minimum absolute atomic E-state index is 0.503. The topological polar surface area (TPSA) is 29.0 Å². The summed E-state index contributed by atoms with van der Waals surface area (Å²) in [5, 5.41) is 0.503. The molecule has 0 atom stereocenters. The molecule has 0 aliphatic heterocycles. The monoisotopic (exact) mass is 231 g/mol. The molecule has 1 aromatic heterocycles. The number of hydrogen-bond donors (Lipinski definition) is 0. The quantitative estimate of drug-likeness (QED) is 0.744. The lowest BCUT2D eigenvalue weighted by Crippen LogP contribution is -2.21. The SMILES string of the molecule is CSCCN(C)c1cc(Cl)nc(C)n1. The van der Waals surface area contributed by atoms with E-state index in [0.29, 0.717) is 11.0 Å². The summed E-state index contributed by atoms with van der Waals surface area (Å²) in [6.45, 7) is 2.81. The smallest absolute Gasteiger partial charge is 0.134 e.